The fourth-order valence-electron chi connectivity index (χ4n) is 2.68. The molecule has 0 radical (unpaired) electrons. The highest BCUT2D eigenvalue weighted by molar-refractivity contribution is 14.0. The molecule has 0 spiro atoms. The van der Waals surface area contributed by atoms with Crippen LogP contribution in [0.3, 0.4) is 0 Å². The maximum atomic E-state index is 6.20. The van der Waals surface area contributed by atoms with Crippen LogP contribution in [-0.4, -0.2) is 33.6 Å². The molecule has 6 nitrogen and oxygen atoms in total. The van der Waals surface area contributed by atoms with Gasteiger partial charge in [-0.3, -0.25) is 4.40 Å². The quantitative estimate of drug-likeness (QED) is 0.226. The lowest BCUT2D eigenvalue weighted by Gasteiger charge is -2.11. The summed E-state index contributed by atoms with van der Waals surface area (Å²) in [6.07, 6.45) is 3.85. The predicted molar refractivity (Wildman–Crippen MR) is 121 cm³/mol. The van der Waals surface area contributed by atoms with E-state index in [9.17, 15) is 0 Å². The number of fused-ring (bicyclic) bond motifs is 1. The van der Waals surface area contributed by atoms with Gasteiger partial charge in [0.25, 0.3) is 0 Å². The van der Waals surface area contributed by atoms with Crippen molar-refractivity contribution in [3.63, 3.8) is 0 Å². The monoisotopic (exact) mass is 498 g/mol. The van der Waals surface area contributed by atoms with Gasteiger partial charge >= 0.3 is 0 Å². The first-order valence-electron chi connectivity index (χ1n) is 8.82. The molecule has 3 rings (SSSR count). The van der Waals surface area contributed by atoms with Crippen LogP contribution >= 0.6 is 35.6 Å². The van der Waals surface area contributed by atoms with E-state index in [1.807, 2.05) is 53.9 Å². The van der Waals surface area contributed by atoms with Crippen LogP contribution in [0.4, 0.5) is 0 Å². The first kappa shape index (κ1) is 21.4. The maximum Gasteiger partial charge on any atom is 0.191 e. The summed E-state index contributed by atoms with van der Waals surface area (Å²) >= 11 is 6.20. The number of aryl methyl sites for hydroxylation is 1. The lowest BCUT2D eigenvalue weighted by molar-refractivity contribution is 0.740. The molecule has 8 heteroatoms. The minimum Gasteiger partial charge on any atom is -0.357 e. The normalized spacial score (nSPS) is 11.3. The fourth-order valence-corrected chi connectivity index (χ4v) is 2.91. The maximum absolute atomic E-state index is 6.20. The molecule has 0 aliphatic carbocycles. The number of aromatic nitrogens is 3. The minimum absolute atomic E-state index is 0. The number of aliphatic imine (C=N–C) groups is 1. The third kappa shape index (κ3) is 6.07. The molecule has 0 aliphatic heterocycles. The molecule has 0 saturated carbocycles. The van der Waals surface area contributed by atoms with Crippen LogP contribution in [0.1, 0.15) is 24.7 Å². The molecule has 0 aliphatic rings. The lowest BCUT2D eigenvalue weighted by atomic mass is 10.1. The van der Waals surface area contributed by atoms with Crippen LogP contribution in [0, 0.1) is 0 Å². The topological polar surface area (TPSA) is 66.6 Å². The number of pyridine rings is 1. The summed E-state index contributed by atoms with van der Waals surface area (Å²) in [5, 5.41) is 15.8. The Morgan fingerprint density at radius 2 is 1.93 bits per heavy atom. The van der Waals surface area contributed by atoms with E-state index in [0.29, 0.717) is 6.54 Å². The van der Waals surface area contributed by atoms with Gasteiger partial charge in [0, 0.05) is 24.3 Å². The van der Waals surface area contributed by atoms with Gasteiger partial charge in [0.15, 0.2) is 17.4 Å². The molecule has 2 heterocycles. The molecule has 0 fully saturated rings. The van der Waals surface area contributed by atoms with Crippen molar-refractivity contribution in [2.24, 2.45) is 4.99 Å². The number of hydrogen-bond donors (Lipinski definition) is 2. The van der Waals surface area contributed by atoms with Crippen molar-refractivity contribution in [2.75, 3.05) is 13.1 Å². The number of benzene rings is 1. The van der Waals surface area contributed by atoms with Crippen LogP contribution < -0.4 is 10.6 Å². The van der Waals surface area contributed by atoms with Crippen molar-refractivity contribution < 1.29 is 0 Å². The van der Waals surface area contributed by atoms with Gasteiger partial charge in [-0.2, -0.15) is 0 Å². The summed E-state index contributed by atoms with van der Waals surface area (Å²) in [6, 6.07) is 13.8. The van der Waals surface area contributed by atoms with Crippen molar-refractivity contribution >= 4 is 47.2 Å². The van der Waals surface area contributed by atoms with E-state index < -0.39 is 0 Å². The zero-order valence-electron chi connectivity index (χ0n) is 15.2. The van der Waals surface area contributed by atoms with Gasteiger partial charge in [-0.25, -0.2) is 4.99 Å². The summed E-state index contributed by atoms with van der Waals surface area (Å²) in [4.78, 5) is 4.61. The van der Waals surface area contributed by atoms with E-state index in [4.69, 9.17) is 11.6 Å². The molecular weight excluding hydrogens is 475 g/mol. The van der Waals surface area contributed by atoms with E-state index in [-0.39, 0.29) is 24.0 Å². The molecule has 0 amide bonds. The summed E-state index contributed by atoms with van der Waals surface area (Å²) in [5.41, 5.74) is 2.00. The average molecular weight is 499 g/mol. The van der Waals surface area contributed by atoms with E-state index >= 15 is 0 Å². The Hall–Kier alpha value is -1.87. The first-order valence-corrected chi connectivity index (χ1v) is 9.20. The molecule has 0 saturated heterocycles. The fraction of sp³-hybridized carbons (Fsp3) is 0.316. The average Bonchev–Trinajstić information content (AvgIpc) is 3.07. The Balaban J connectivity index is 0.00000261. The molecular formula is C19H24ClIN6. The first-order chi connectivity index (χ1) is 12.8. The van der Waals surface area contributed by atoms with Crippen molar-refractivity contribution in [2.45, 2.75) is 26.3 Å². The largest absolute Gasteiger partial charge is 0.357 e. The third-order valence-corrected chi connectivity index (χ3v) is 4.35. The number of halogens is 2. The Bertz CT molecular complexity index is 879. The van der Waals surface area contributed by atoms with Crippen LogP contribution in [0.15, 0.2) is 53.7 Å². The molecule has 0 bridgehead atoms. The van der Waals surface area contributed by atoms with E-state index in [0.717, 1.165) is 48.4 Å². The predicted octanol–water partition coefficient (Wildman–Crippen LogP) is 3.69. The summed E-state index contributed by atoms with van der Waals surface area (Å²) in [7, 11) is 0. The molecule has 3 aromatic rings. The number of guanidine groups is 1. The zero-order chi connectivity index (χ0) is 18.2. The highest BCUT2D eigenvalue weighted by Gasteiger charge is 2.05. The van der Waals surface area contributed by atoms with Gasteiger partial charge in [-0.05, 0) is 43.5 Å². The smallest absolute Gasteiger partial charge is 0.191 e. The molecule has 1 aromatic carbocycles. The molecule has 0 atom stereocenters. The van der Waals surface area contributed by atoms with Crippen LogP contribution in [0.2, 0.25) is 5.02 Å². The van der Waals surface area contributed by atoms with Gasteiger partial charge < -0.3 is 10.6 Å². The number of nitrogens with one attached hydrogen (secondary N) is 2. The summed E-state index contributed by atoms with van der Waals surface area (Å²) < 4.78 is 1.95. The highest BCUT2D eigenvalue weighted by atomic mass is 127. The second-order valence-electron chi connectivity index (χ2n) is 5.86. The van der Waals surface area contributed by atoms with E-state index in [1.165, 1.54) is 5.56 Å². The highest BCUT2D eigenvalue weighted by Crippen LogP contribution is 2.16. The Labute approximate surface area is 181 Å². The Kier molecular flexibility index (Phi) is 8.80. The van der Waals surface area contributed by atoms with E-state index in [1.54, 1.807) is 0 Å². The third-order valence-electron chi connectivity index (χ3n) is 3.98. The summed E-state index contributed by atoms with van der Waals surface area (Å²) in [5.74, 6) is 1.59. The van der Waals surface area contributed by atoms with Crippen LogP contribution in [0.5, 0.6) is 0 Å². The zero-order valence-corrected chi connectivity index (χ0v) is 18.3. The van der Waals surface area contributed by atoms with Crippen LogP contribution in [0.25, 0.3) is 5.65 Å². The number of rotatable bonds is 7. The van der Waals surface area contributed by atoms with Gasteiger partial charge in [0.1, 0.15) is 6.54 Å². The van der Waals surface area contributed by atoms with Crippen molar-refractivity contribution in [3.05, 3.63) is 65.1 Å². The molecule has 144 valence electrons. The lowest BCUT2D eigenvalue weighted by Crippen LogP contribution is -2.37. The van der Waals surface area contributed by atoms with Gasteiger partial charge in [-0.1, -0.05) is 35.9 Å². The van der Waals surface area contributed by atoms with Crippen molar-refractivity contribution in [1.29, 1.82) is 0 Å². The van der Waals surface area contributed by atoms with E-state index in [2.05, 4.69) is 31.9 Å². The van der Waals surface area contributed by atoms with Gasteiger partial charge in [-0.15, -0.1) is 34.2 Å². The Morgan fingerprint density at radius 3 is 2.74 bits per heavy atom. The second-order valence-corrected chi connectivity index (χ2v) is 6.27. The summed E-state index contributed by atoms with van der Waals surface area (Å²) in [6.45, 7) is 4.13. The number of nitrogens with zero attached hydrogens (tertiary/aromatic N) is 4. The number of hydrogen-bond acceptors (Lipinski definition) is 3. The standard InChI is InChI=1S/C19H23ClN6.HI/c1-2-21-19(22-12-7-9-15-8-3-4-10-16(15)20)23-14-18-25-24-17-11-5-6-13-26(17)18;/h3-6,8,10-11,13H,2,7,9,12,14H2,1H3,(H2,21,22,23);1H. The van der Waals surface area contributed by atoms with Gasteiger partial charge in [0.05, 0.1) is 0 Å². The van der Waals surface area contributed by atoms with Crippen molar-refractivity contribution in [3.8, 4) is 0 Å². The Morgan fingerprint density at radius 1 is 1.11 bits per heavy atom. The van der Waals surface area contributed by atoms with Crippen LogP contribution in [-0.2, 0) is 13.0 Å². The molecule has 2 aromatic heterocycles. The molecule has 27 heavy (non-hydrogen) atoms. The van der Waals surface area contributed by atoms with Crippen molar-refractivity contribution in [1.82, 2.24) is 25.2 Å². The molecule has 2 N–H and O–H groups in total. The van der Waals surface area contributed by atoms with Gasteiger partial charge in [0.2, 0.25) is 0 Å². The molecule has 0 unspecified atom stereocenters. The minimum atomic E-state index is 0. The second kappa shape index (κ2) is 11.1. The SMILES string of the molecule is CCNC(=NCc1nnc2ccccn12)NCCCc1ccccc1Cl.I.